The second-order valence-electron chi connectivity index (χ2n) is 9.44. The maximum atomic E-state index is 12.7. The number of aliphatic imine (C=N–C) groups is 1. The quantitative estimate of drug-likeness (QED) is 0.167. The topological polar surface area (TPSA) is 128 Å². The standard InChI is InChI=1S/C28H30ClN7O3/c1-2-39-26(37)6-5-19-9-20(18-3-4-18)15-36-16-23(34-27(19)36)13-31-12-21(11-30)28(38)32-14-24-25-10-22(29)7-8-35(25)17-33-24/h7-12,15-18H,2-6,13-14,30H2,1H3,(H,32,38). The number of rotatable bonds is 11. The molecule has 5 rings (SSSR count). The molecule has 1 saturated carbocycles. The Morgan fingerprint density at radius 1 is 1.28 bits per heavy atom. The molecule has 3 N–H and O–H groups in total. The van der Waals surface area contributed by atoms with Crippen LogP contribution in [-0.4, -0.2) is 43.5 Å². The first-order valence-corrected chi connectivity index (χ1v) is 13.3. The molecule has 4 heterocycles. The van der Waals surface area contributed by atoms with Gasteiger partial charge in [0.1, 0.15) is 5.65 Å². The molecular formula is C28H30ClN7O3. The molecule has 0 aromatic carbocycles. The molecule has 4 aromatic heterocycles. The van der Waals surface area contributed by atoms with Gasteiger partial charge in [-0.15, -0.1) is 0 Å². The number of aryl methyl sites for hydroxylation is 1. The van der Waals surface area contributed by atoms with Crippen molar-refractivity contribution < 1.29 is 14.3 Å². The fourth-order valence-electron chi connectivity index (χ4n) is 4.45. The summed E-state index contributed by atoms with van der Waals surface area (Å²) in [6.07, 6.45) is 13.4. The molecule has 4 aromatic rings. The van der Waals surface area contributed by atoms with E-state index in [2.05, 4.69) is 27.6 Å². The molecule has 0 saturated heterocycles. The van der Waals surface area contributed by atoms with E-state index in [1.54, 1.807) is 25.4 Å². The van der Waals surface area contributed by atoms with E-state index < -0.39 is 0 Å². The van der Waals surface area contributed by atoms with E-state index in [0.717, 1.165) is 22.4 Å². The van der Waals surface area contributed by atoms with Gasteiger partial charge in [-0.25, -0.2) is 9.97 Å². The lowest BCUT2D eigenvalue weighted by molar-refractivity contribution is -0.143. The van der Waals surface area contributed by atoms with Crippen LogP contribution in [0.2, 0.25) is 5.02 Å². The Labute approximate surface area is 230 Å². The van der Waals surface area contributed by atoms with Crippen LogP contribution in [0.25, 0.3) is 11.2 Å². The number of ether oxygens (including phenoxy) is 1. The average Bonchev–Trinajstić information content (AvgIpc) is 3.58. The summed E-state index contributed by atoms with van der Waals surface area (Å²) >= 11 is 6.09. The van der Waals surface area contributed by atoms with Crippen LogP contribution in [0.3, 0.4) is 0 Å². The van der Waals surface area contributed by atoms with Crippen LogP contribution >= 0.6 is 11.6 Å². The van der Waals surface area contributed by atoms with E-state index in [-0.39, 0.29) is 30.5 Å². The van der Waals surface area contributed by atoms with Gasteiger partial charge in [0.2, 0.25) is 0 Å². The molecule has 0 spiro atoms. The summed E-state index contributed by atoms with van der Waals surface area (Å²) < 4.78 is 8.93. The zero-order chi connectivity index (χ0) is 27.4. The van der Waals surface area contributed by atoms with Crippen molar-refractivity contribution in [3.8, 4) is 0 Å². The summed E-state index contributed by atoms with van der Waals surface area (Å²) in [4.78, 5) is 38.2. The highest BCUT2D eigenvalue weighted by atomic mass is 35.5. The molecule has 202 valence electrons. The summed E-state index contributed by atoms with van der Waals surface area (Å²) in [5.74, 6) is -0.0181. The first kappa shape index (κ1) is 26.4. The van der Waals surface area contributed by atoms with Crippen molar-refractivity contribution >= 4 is 40.9 Å². The summed E-state index contributed by atoms with van der Waals surface area (Å²) in [6.45, 7) is 2.66. The normalized spacial score (nSPS) is 13.9. The first-order valence-electron chi connectivity index (χ1n) is 12.9. The third-order valence-electron chi connectivity index (χ3n) is 6.57. The Morgan fingerprint density at radius 3 is 2.90 bits per heavy atom. The maximum Gasteiger partial charge on any atom is 0.306 e. The van der Waals surface area contributed by atoms with Gasteiger partial charge >= 0.3 is 5.97 Å². The number of halogens is 1. The summed E-state index contributed by atoms with van der Waals surface area (Å²) in [7, 11) is 0. The number of hydrogen-bond acceptors (Lipinski definition) is 7. The minimum Gasteiger partial charge on any atom is -0.466 e. The van der Waals surface area contributed by atoms with E-state index in [4.69, 9.17) is 27.1 Å². The first-order chi connectivity index (χ1) is 18.9. The van der Waals surface area contributed by atoms with Crippen LogP contribution in [0, 0.1) is 0 Å². The van der Waals surface area contributed by atoms with Crippen molar-refractivity contribution in [3.05, 3.63) is 82.4 Å². The van der Waals surface area contributed by atoms with Crippen molar-refractivity contribution in [1.29, 1.82) is 0 Å². The SMILES string of the molecule is CCOC(=O)CCc1cc(C2CC2)cn2cc(CN=CC(=CN)C(=O)NCc3ncn4ccc(Cl)cc34)nc12. The number of hydrogen-bond donors (Lipinski definition) is 2. The summed E-state index contributed by atoms with van der Waals surface area (Å²) in [5.41, 5.74) is 11.3. The molecule has 1 fully saturated rings. The van der Waals surface area contributed by atoms with Gasteiger partial charge in [-0.05, 0) is 55.4 Å². The molecule has 0 bridgehead atoms. The Balaban J connectivity index is 1.24. The smallest absolute Gasteiger partial charge is 0.306 e. The molecule has 0 radical (unpaired) electrons. The zero-order valence-corrected chi connectivity index (χ0v) is 22.4. The lowest BCUT2D eigenvalue weighted by atomic mass is 10.1. The van der Waals surface area contributed by atoms with Crippen LogP contribution in [0.15, 0.2) is 59.9 Å². The number of amides is 1. The van der Waals surface area contributed by atoms with Gasteiger partial charge < -0.3 is 24.6 Å². The van der Waals surface area contributed by atoms with Gasteiger partial charge in [-0.2, -0.15) is 0 Å². The van der Waals surface area contributed by atoms with Gasteiger partial charge in [0.05, 0.1) is 48.5 Å². The minimum absolute atomic E-state index is 0.213. The van der Waals surface area contributed by atoms with Gasteiger partial charge in [0.25, 0.3) is 5.91 Å². The molecule has 11 heteroatoms. The number of nitrogens with two attached hydrogens (primary N) is 1. The highest BCUT2D eigenvalue weighted by molar-refractivity contribution is 6.30. The van der Waals surface area contributed by atoms with E-state index >= 15 is 0 Å². The van der Waals surface area contributed by atoms with Crippen molar-refractivity contribution in [1.82, 2.24) is 24.1 Å². The van der Waals surface area contributed by atoms with Crippen LogP contribution in [-0.2, 0) is 33.8 Å². The second-order valence-corrected chi connectivity index (χ2v) is 9.88. The molecule has 39 heavy (non-hydrogen) atoms. The predicted octanol–water partition coefficient (Wildman–Crippen LogP) is 3.74. The molecule has 0 atom stereocenters. The molecule has 10 nitrogen and oxygen atoms in total. The molecular weight excluding hydrogens is 518 g/mol. The van der Waals surface area contributed by atoms with Crippen LogP contribution in [0.4, 0.5) is 0 Å². The second kappa shape index (κ2) is 11.7. The Bertz CT molecular complexity index is 1580. The monoisotopic (exact) mass is 547 g/mol. The lowest BCUT2D eigenvalue weighted by Crippen LogP contribution is -2.26. The lowest BCUT2D eigenvalue weighted by Gasteiger charge is -2.07. The van der Waals surface area contributed by atoms with Crippen molar-refractivity contribution in [2.75, 3.05) is 6.61 Å². The fourth-order valence-corrected chi connectivity index (χ4v) is 4.61. The number of nitrogens with one attached hydrogen (secondary N) is 1. The fraction of sp³-hybridized carbons (Fsp3) is 0.321. The highest BCUT2D eigenvalue weighted by Crippen LogP contribution is 2.40. The number of carbonyl (C=O) groups is 2. The number of pyridine rings is 2. The van der Waals surface area contributed by atoms with Crippen LogP contribution < -0.4 is 11.1 Å². The van der Waals surface area contributed by atoms with E-state index in [0.29, 0.717) is 36.1 Å². The predicted molar refractivity (Wildman–Crippen MR) is 149 cm³/mol. The highest BCUT2D eigenvalue weighted by Gasteiger charge is 2.25. The van der Waals surface area contributed by atoms with E-state index in [9.17, 15) is 9.59 Å². The third kappa shape index (κ3) is 6.28. The number of imidazole rings is 2. The summed E-state index contributed by atoms with van der Waals surface area (Å²) in [5, 5.41) is 3.42. The molecule has 0 aliphatic heterocycles. The van der Waals surface area contributed by atoms with E-state index in [1.807, 2.05) is 21.2 Å². The van der Waals surface area contributed by atoms with Gasteiger partial charge in [-0.3, -0.25) is 14.6 Å². The number of nitrogens with zero attached hydrogens (tertiary/aromatic N) is 5. The number of aromatic nitrogens is 4. The summed E-state index contributed by atoms with van der Waals surface area (Å²) in [6, 6.07) is 5.72. The van der Waals surface area contributed by atoms with E-state index in [1.165, 1.54) is 30.8 Å². The van der Waals surface area contributed by atoms with Crippen LogP contribution in [0.1, 0.15) is 54.6 Å². The van der Waals surface area contributed by atoms with Gasteiger partial charge in [0, 0.05) is 42.4 Å². The minimum atomic E-state index is -0.366. The third-order valence-corrected chi connectivity index (χ3v) is 6.81. The Kier molecular flexibility index (Phi) is 7.92. The molecule has 1 aliphatic rings. The Morgan fingerprint density at radius 2 is 2.13 bits per heavy atom. The Hall–Kier alpha value is -4.18. The van der Waals surface area contributed by atoms with Crippen molar-refractivity contribution in [2.45, 2.75) is 51.6 Å². The van der Waals surface area contributed by atoms with Gasteiger partial charge in [0.15, 0.2) is 0 Å². The number of carbonyl (C=O) groups excluding carboxylic acids is 2. The van der Waals surface area contributed by atoms with Crippen molar-refractivity contribution in [2.24, 2.45) is 10.7 Å². The molecule has 1 aliphatic carbocycles. The molecule has 1 amide bonds. The average molecular weight is 548 g/mol. The zero-order valence-electron chi connectivity index (χ0n) is 21.6. The number of fused-ring (bicyclic) bond motifs is 2. The maximum absolute atomic E-state index is 12.7. The van der Waals surface area contributed by atoms with Crippen LogP contribution in [0.5, 0.6) is 0 Å². The largest absolute Gasteiger partial charge is 0.466 e. The number of esters is 1. The molecule has 0 unspecified atom stereocenters. The van der Waals surface area contributed by atoms with Gasteiger partial charge in [-0.1, -0.05) is 17.7 Å². The van der Waals surface area contributed by atoms with Crippen molar-refractivity contribution in [3.63, 3.8) is 0 Å².